The van der Waals surface area contributed by atoms with Crippen LogP contribution in [0.5, 0.6) is 5.75 Å². The molecule has 28 heavy (non-hydrogen) atoms. The van der Waals surface area contributed by atoms with Crippen molar-refractivity contribution in [3.8, 4) is 5.75 Å². The summed E-state index contributed by atoms with van der Waals surface area (Å²) in [6.07, 6.45) is 1.52. The molecule has 0 unspecified atom stereocenters. The van der Waals surface area contributed by atoms with Crippen molar-refractivity contribution in [1.29, 1.82) is 0 Å². The summed E-state index contributed by atoms with van der Waals surface area (Å²) in [6, 6.07) is 7.59. The summed E-state index contributed by atoms with van der Waals surface area (Å²) in [7, 11) is 3.44. The number of fused-ring (bicyclic) bond motifs is 1. The van der Waals surface area contributed by atoms with Crippen molar-refractivity contribution < 1.29 is 9.53 Å². The van der Waals surface area contributed by atoms with Crippen LogP contribution in [0.2, 0.25) is 0 Å². The largest absolute Gasteiger partial charge is 0.497 e. The number of hydrogen-bond acceptors (Lipinski definition) is 7. The zero-order valence-electron chi connectivity index (χ0n) is 15.9. The van der Waals surface area contributed by atoms with Gasteiger partial charge in [-0.2, -0.15) is 0 Å². The average Bonchev–Trinajstić information content (AvgIpc) is 3.13. The Hall–Kier alpha value is -3.43. The zero-order chi connectivity index (χ0) is 19.5. The summed E-state index contributed by atoms with van der Waals surface area (Å²) in [5, 5.41) is 11.2. The number of carbonyl (C=O) groups excluding carboxylic acids is 1. The van der Waals surface area contributed by atoms with E-state index in [1.54, 1.807) is 18.8 Å². The van der Waals surface area contributed by atoms with E-state index in [0.717, 1.165) is 17.1 Å². The molecule has 0 atom stereocenters. The van der Waals surface area contributed by atoms with Crippen LogP contribution in [0.15, 0.2) is 30.6 Å². The summed E-state index contributed by atoms with van der Waals surface area (Å²) in [5.74, 6) is 1.56. The van der Waals surface area contributed by atoms with E-state index in [-0.39, 0.29) is 6.03 Å². The van der Waals surface area contributed by atoms with Crippen LogP contribution in [0.1, 0.15) is 5.56 Å². The molecule has 1 aromatic carbocycles. The number of piperazine rings is 1. The molecule has 0 saturated carbocycles. The molecule has 0 radical (unpaired) electrons. The fraction of sp³-hybridized carbons (Fsp3) is 0.389. The van der Waals surface area contributed by atoms with E-state index >= 15 is 0 Å². The van der Waals surface area contributed by atoms with Crippen LogP contribution in [0.3, 0.4) is 0 Å². The van der Waals surface area contributed by atoms with E-state index in [1.807, 2.05) is 29.2 Å². The molecule has 1 saturated heterocycles. The molecule has 2 amide bonds. The quantitative estimate of drug-likeness (QED) is 0.712. The third kappa shape index (κ3) is 3.53. The van der Waals surface area contributed by atoms with Gasteiger partial charge < -0.3 is 19.9 Å². The first kappa shape index (κ1) is 18.0. The van der Waals surface area contributed by atoms with E-state index in [1.165, 1.54) is 6.33 Å². The van der Waals surface area contributed by atoms with E-state index in [9.17, 15) is 4.79 Å². The number of benzene rings is 1. The highest BCUT2D eigenvalue weighted by molar-refractivity contribution is 5.82. The van der Waals surface area contributed by atoms with Crippen LogP contribution in [0.4, 0.5) is 10.6 Å². The summed E-state index contributed by atoms with van der Waals surface area (Å²) in [4.78, 5) is 25.0. The van der Waals surface area contributed by atoms with Crippen LogP contribution in [0.25, 0.3) is 11.2 Å². The maximum Gasteiger partial charge on any atom is 0.317 e. The average molecular weight is 382 g/mol. The summed E-state index contributed by atoms with van der Waals surface area (Å²) >= 11 is 0. The summed E-state index contributed by atoms with van der Waals surface area (Å²) in [6.45, 7) is 3.06. The lowest BCUT2D eigenvalue weighted by Gasteiger charge is -2.35. The van der Waals surface area contributed by atoms with E-state index in [0.29, 0.717) is 43.9 Å². The number of amides is 2. The monoisotopic (exact) mass is 382 g/mol. The molecule has 0 aliphatic carbocycles. The zero-order valence-corrected chi connectivity index (χ0v) is 15.9. The van der Waals surface area contributed by atoms with Gasteiger partial charge in [0.1, 0.15) is 12.1 Å². The van der Waals surface area contributed by atoms with Gasteiger partial charge in [0.2, 0.25) is 0 Å². The molecule has 3 aromatic rings. The third-order valence-corrected chi connectivity index (χ3v) is 4.84. The molecule has 146 valence electrons. The third-order valence-electron chi connectivity index (χ3n) is 4.84. The number of urea groups is 1. The van der Waals surface area contributed by atoms with E-state index in [4.69, 9.17) is 4.74 Å². The summed E-state index contributed by atoms with van der Waals surface area (Å²) in [5.41, 5.74) is 2.41. The number of nitrogens with zero attached hydrogens (tertiary/aromatic N) is 7. The maximum atomic E-state index is 12.5. The fourth-order valence-corrected chi connectivity index (χ4v) is 3.23. The lowest BCUT2D eigenvalue weighted by Crippen LogP contribution is -2.52. The Morgan fingerprint density at radius 1 is 1.14 bits per heavy atom. The highest BCUT2D eigenvalue weighted by atomic mass is 16.5. The molecule has 1 aliphatic rings. The first-order chi connectivity index (χ1) is 13.7. The molecular weight excluding hydrogens is 360 g/mol. The number of aryl methyl sites for hydroxylation is 1. The van der Waals surface area contributed by atoms with Gasteiger partial charge in [-0.05, 0) is 17.7 Å². The first-order valence-corrected chi connectivity index (χ1v) is 9.07. The number of anilines is 1. The molecule has 10 heteroatoms. The van der Waals surface area contributed by atoms with Crippen molar-refractivity contribution in [2.45, 2.75) is 6.54 Å². The topological polar surface area (TPSA) is 101 Å². The van der Waals surface area contributed by atoms with Crippen molar-refractivity contribution >= 4 is 23.0 Å². The maximum absolute atomic E-state index is 12.5. The van der Waals surface area contributed by atoms with Crippen molar-refractivity contribution in [3.05, 3.63) is 36.2 Å². The second-order valence-electron chi connectivity index (χ2n) is 6.56. The number of carbonyl (C=O) groups is 1. The molecule has 1 N–H and O–H groups in total. The van der Waals surface area contributed by atoms with Crippen LogP contribution in [0, 0.1) is 0 Å². The molecule has 2 aromatic heterocycles. The predicted molar refractivity (Wildman–Crippen MR) is 103 cm³/mol. The fourth-order valence-electron chi connectivity index (χ4n) is 3.23. The van der Waals surface area contributed by atoms with Crippen molar-refractivity contribution in [2.24, 2.45) is 7.05 Å². The van der Waals surface area contributed by atoms with Crippen LogP contribution >= 0.6 is 0 Å². The molecule has 3 heterocycles. The SMILES string of the molecule is COc1ccc(CNC(=O)N2CCN(c3ncnc4c3nnn4C)CC2)cc1. The van der Waals surface area contributed by atoms with E-state index < -0.39 is 0 Å². The molecular formula is C18H22N8O2. The highest BCUT2D eigenvalue weighted by Crippen LogP contribution is 2.21. The van der Waals surface area contributed by atoms with Gasteiger partial charge in [-0.1, -0.05) is 17.3 Å². The van der Waals surface area contributed by atoms with Crippen molar-refractivity contribution in [1.82, 2.24) is 35.2 Å². The minimum atomic E-state index is -0.0668. The summed E-state index contributed by atoms with van der Waals surface area (Å²) < 4.78 is 6.77. The Kier molecular flexibility index (Phi) is 4.92. The Morgan fingerprint density at radius 2 is 1.89 bits per heavy atom. The van der Waals surface area contributed by atoms with Crippen LogP contribution in [-0.2, 0) is 13.6 Å². The van der Waals surface area contributed by atoms with Gasteiger partial charge in [-0.25, -0.2) is 19.4 Å². The lowest BCUT2D eigenvalue weighted by atomic mass is 10.2. The van der Waals surface area contributed by atoms with Gasteiger partial charge in [-0.15, -0.1) is 5.10 Å². The lowest BCUT2D eigenvalue weighted by molar-refractivity contribution is 0.194. The van der Waals surface area contributed by atoms with Gasteiger partial charge in [0, 0.05) is 39.8 Å². The number of hydrogen-bond donors (Lipinski definition) is 1. The second kappa shape index (κ2) is 7.67. The normalized spacial score (nSPS) is 14.4. The van der Waals surface area contributed by atoms with E-state index in [2.05, 4.69) is 30.5 Å². The number of methoxy groups -OCH3 is 1. The Bertz CT molecular complexity index is 963. The predicted octanol–water partition coefficient (Wildman–Crippen LogP) is 0.799. The standard InChI is InChI=1S/C18H22N8O2/c1-24-16-15(22-23-24)17(21-12-20-16)25-7-9-26(10-8-25)18(27)19-11-13-3-5-14(28-2)6-4-13/h3-6,12H,7-11H2,1-2H3,(H,19,27). The van der Waals surface area contributed by atoms with Crippen molar-refractivity contribution in [3.63, 3.8) is 0 Å². The molecule has 0 spiro atoms. The number of rotatable bonds is 4. The Balaban J connectivity index is 1.33. The Labute approximate surface area is 162 Å². The van der Waals surface area contributed by atoms with Gasteiger partial charge in [-0.3, -0.25) is 0 Å². The Morgan fingerprint density at radius 3 is 2.61 bits per heavy atom. The van der Waals surface area contributed by atoms with Gasteiger partial charge in [0.05, 0.1) is 7.11 Å². The van der Waals surface area contributed by atoms with Crippen molar-refractivity contribution in [2.75, 3.05) is 38.2 Å². The molecule has 10 nitrogen and oxygen atoms in total. The minimum Gasteiger partial charge on any atom is -0.497 e. The van der Waals surface area contributed by atoms with Crippen LogP contribution < -0.4 is 15.0 Å². The minimum absolute atomic E-state index is 0.0668. The first-order valence-electron chi connectivity index (χ1n) is 9.07. The highest BCUT2D eigenvalue weighted by Gasteiger charge is 2.24. The second-order valence-corrected chi connectivity index (χ2v) is 6.56. The molecule has 1 fully saturated rings. The number of ether oxygens (including phenoxy) is 1. The van der Waals surface area contributed by atoms with Gasteiger partial charge in [0.25, 0.3) is 0 Å². The molecule has 4 rings (SSSR count). The number of aromatic nitrogens is 5. The number of nitrogens with one attached hydrogen (secondary N) is 1. The smallest absolute Gasteiger partial charge is 0.317 e. The van der Waals surface area contributed by atoms with Gasteiger partial charge in [0.15, 0.2) is 17.0 Å². The molecule has 1 aliphatic heterocycles. The van der Waals surface area contributed by atoms with Gasteiger partial charge >= 0.3 is 6.03 Å². The molecule has 0 bridgehead atoms. The van der Waals surface area contributed by atoms with Crippen LogP contribution in [-0.4, -0.2) is 69.2 Å².